The van der Waals surface area contributed by atoms with Gasteiger partial charge in [0.15, 0.2) is 9.84 Å². The summed E-state index contributed by atoms with van der Waals surface area (Å²) in [5.41, 5.74) is 0. The van der Waals surface area contributed by atoms with Crippen molar-refractivity contribution in [3.63, 3.8) is 0 Å². The van der Waals surface area contributed by atoms with E-state index in [2.05, 4.69) is 5.32 Å². The molecule has 2 saturated heterocycles. The number of urea groups is 1. The molecule has 0 unspecified atom stereocenters. The molecule has 7 heteroatoms. The van der Waals surface area contributed by atoms with Crippen molar-refractivity contribution in [2.24, 2.45) is 0 Å². The molecule has 0 bridgehead atoms. The Morgan fingerprint density at radius 3 is 2.69 bits per heavy atom. The van der Waals surface area contributed by atoms with Gasteiger partial charge in [-0.1, -0.05) is 0 Å². The largest absolute Gasteiger partial charge is 0.331 e. The van der Waals surface area contributed by atoms with Crippen LogP contribution in [-0.2, 0) is 9.84 Å². The summed E-state index contributed by atoms with van der Waals surface area (Å²) in [6, 6.07) is -0.398. The second kappa shape index (κ2) is 3.89. The highest BCUT2D eigenvalue weighted by Crippen LogP contribution is 2.21. The first-order valence-corrected chi connectivity index (χ1v) is 7.14. The van der Waals surface area contributed by atoms with E-state index < -0.39 is 9.84 Å². The molecule has 2 aliphatic rings. The van der Waals surface area contributed by atoms with E-state index in [1.807, 2.05) is 0 Å². The predicted molar refractivity (Wildman–Crippen MR) is 60.0 cm³/mol. The lowest BCUT2D eigenvalue weighted by Gasteiger charge is -2.38. The highest BCUT2D eigenvalue weighted by molar-refractivity contribution is 7.91. The molecule has 16 heavy (non-hydrogen) atoms. The van der Waals surface area contributed by atoms with Crippen LogP contribution < -0.4 is 5.32 Å². The van der Waals surface area contributed by atoms with Crippen LogP contribution in [0.2, 0.25) is 0 Å². The van der Waals surface area contributed by atoms with E-state index in [1.165, 1.54) is 4.90 Å². The fourth-order valence-electron chi connectivity index (χ4n) is 2.36. The van der Waals surface area contributed by atoms with Crippen molar-refractivity contribution in [2.75, 3.05) is 38.7 Å². The third-order valence-corrected chi connectivity index (χ3v) is 4.83. The highest BCUT2D eigenvalue weighted by atomic mass is 32.2. The number of nitrogens with one attached hydrogen (secondary N) is 1. The summed E-state index contributed by atoms with van der Waals surface area (Å²) in [6.45, 7) is 1.24. The SMILES string of the molecule is CN(C)C(=O)N1CCN[C@@H]2CS(=O)(=O)C[C@@H]21. The second-order valence-corrected chi connectivity index (χ2v) is 6.73. The van der Waals surface area contributed by atoms with Crippen molar-refractivity contribution in [2.45, 2.75) is 12.1 Å². The van der Waals surface area contributed by atoms with Gasteiger partial charge in [-0.05, 0) is 0 Å². The van der Waals surface area contributed by atoms with Gasteiger partial charge in [0.25, 0.3) is 0 Å². The Balaban J connectivity index is 2.19. The zero-order valence-electron chi connectivity index (χ0n) is 9.51. The summed E-state index contributed by atoms with van der Waals surface area (Å²) < 4.78 is 23.1. The number of hydrogen-bond acceptors (Lipinski definition) is 4. The molecule has 6 nitrogen and oxygen atoms in total. The molecule has 2 atom stereocenters. The number of carbonyl (C=O) groups is 1. The van der Waals surface area contributed by atoms with Crippen molar-refractivity contribution < 1.29 is 13.2 Å². The summed E-state index contributed by atoms with van der Waals surface area (Å²) in [5, 5.41) is 3.17. The Kier molecular flexibility index (Phi) is 2.83. The van der Waals surface area contributed by atoms with Gasteiger partial charge in [-0.2, -0.15) is 0 Å². The van der Waals surface area contributed by atoms with Gasteiger partial charge < -0.3 is 15.1 Å². The Morgan fingerprint density at radius 1 is 1.38 bits per heavy atom. The third-order valence-electron chi connectivity index (χ3n) is 3.11. The van der Waals surface area contributed by atoms with Gasteiger partial charge in [0.05, 0.1) is 17.5 Å². The van der Waals surface area contributed by atoms with Crippen LogP contribution in [0.5, 0.6) is 0 Å². The first kappa shape index (κ1) is 11.7. The average Bonchev–Trinajstić information content (AvgIpc) is 2.49. The van der Waals surface area contributed by atoms with Gasteiger partial charge in [0, 0.05) is 33.2 Å². The smallest absolute Gasteiger partial charge is 0.319 e. The number of carbonyl (C=O) groups excluding carboxylic acids is 1. The van der Waals surface area contributed by atoms with E-state index in [0.29, 0.717) is 13.1 Å². The van der Waals surface area contributed by atoms with Gasteiger partial charge in [-0.25, -0.2) is 13.2 Å². The zero-order valence-corrected chi connectivity index (χ0v) is 10.3. The van der Waals surface area contributed by atoms with E-state index in [9.17, 15) is 13.2 Å². The van der Waals surface area contributed by atoms with Crippen LogP contribution in [0.3, 0.4) is 0 Å². The second-order valence-electron chi connectivity index (χ2n) is 4.58. The maximum Gasteiger partial charge on any atom is 0.319 e. The number of amides is 2. The maximum atomic E-state index is 11.9. The minimum absolute atomic E-state index is 0.0875. The molecule has 0 spiro atoms. The molecule has 0 aromatic heterocycles. The topological polar surface area (TPSA) is 69.7 Å². The molecule has 0 aromatic rings. The van der Waals surface area contributed by atoms with Crippen molar-refractivity contribution >= 4 is 15.9 Å². The minimum Gasteiger partial charge on any atom is -0.331 e. The number of nitrogens with zero attached hydrogens (tertiary/aromatic N) is 2. The number of sulfone groups is 1. The van der Waals surface area contributed by atoms with Gasteiger partial charge in [0.2, 0.25) is 0 Å². The lowest BCUT2D eigenvalue weighted by molar-refractivity contribution is 0.130. The van der Waals surface area contributed by atoms with Crippen LogP contribution in [-0.4, -0.2) is 75.0 Å². The van der Waals surface area contributed by atoms with Gasteiger partial charge in [0.1, 0.15) is 0 Å². The molecule has 2 rings (SSSR count). The Labute approximate surface area is 95.5 Å². The van der Waals surface area contributed by atoms with Crippen LogP contribution in [0.4, 0.5) is 4.79 Å². The van der Waals surface area contributed by atoms with Crippen molar-refractivity contribution in [3.8, 4) is 0 Å². The number of fused-ring (bicyclic) bond motifs is 1. The molecule has 0 aliphatic carbocycles. The Hall–Kier alpha value is -0.820. The minimum atomic E-state index is -3.00. The molecule has 2 heterocycles. The third kappa shape index (κ3) is 2.01. The molecule has 1 N–H and O–H groups in total. The fourth-order valence-corrected chi connectivity index (χ4v) is 4.32. The van der Waals surface area contributed by atoms with Crippen molar-refractivity contribution in [1.82, 2.24) is 15.1 Å². The first-order chi connectivity index (χ1) is 7.41. The van der Waals surface area contributed by atoms with Crippen molar-refractivity contribution in [1.29, 1.82) is 0 Å². The van der Waals surface area contributed by atoms with E-state index in [4.69, 9.17) is 0 Å². The Bertz CT molecular complexity index is 393. The quantitative estimate of drug-likeness (QED) is 0.580. The van der Waals surface area contributed by atoms with Crippen LogP contribution in [0.25, 0.3) is 0 Å². The van der Waals surface area contributed by atoms with Gasteiger partial charge >= 0.3 is 6.03 Å². The lowest BCUT2D eigenvalue weighted by atomic mass is 10.1. The summed E-state index contributed by atoms with van der Waals surface area (Å²) >= 11 is 0. The number of hydrogen-bond donors (Lipinski definition) is 1. The van der Waals surface area contributed by atoms with Crippen LogP contribution >= 0.6 is 0 Å². The Morgan fingerprint density at radius 2 is 2.06 bits per heavy atom. The highest BCUT2D eigenvalue weighted by Gasteiger charge is 2.44. The van der Waals surface area contributed by atoms with E-state index in [0.717, 1.165) is 0 Å². The summed E-state index contributed by atoms with van der Waals surface area (Å²) in [4.78, 5) is 15.0. The molecule has 0 radical (unpaired) electrons. The fraction of sp³-hybridized carbons (Fsp3) is 0.889. The molecule has 2 aliphatic heterocycles. The molecule has 92 valence electrons. The maximum absolute atomic E-state index is 11.9. The van der Waals surface area contributed by atoms with Crippen LogP contribution in [0, 0.1) is 0 Å². The molecular formula is C9H17N3O3S. The molecule has 2 fully saturated rings. The molecule has 0 saturated carbocycles. The monoisotopic (exact) mass is 247 g/mol. The van der Waals surface area contributed by atoms with Gasteiger partial charge in [-0.15, -0.1) is 0 Å². The van der Waals surface area contributed by atoms with E-state index >= 15 is 0 Å². The van der Waals surface area contributed by atoms with E-state index in [-0.39, 0.29) is 29.6 Å². The molecule has 2 amide bonds. The first-order valence-electron chi connectivity index (χ1n) is 5.32. The number of rotatable bonds is 0. The standard InChI is InChI=1S/C9H17N3O3S/c1-11(2)9(13)12-4-3-10-7-5-16(14,15)6-8(7)12/h7-8,10H,3-6H2,1-2H3/t7-,8+/m1/s1. The summed E-state index contributed by atoms with van der Waals surface area (Å²) in [7, 11) is 0.371. The molecule has 0 aromatic carbocycles. The molecular weight excluding hydrogens is 230 g/mol. The van der Waals surface area contributed by atoms with E-state index in [1.54, 1.807) is 19.0 Å². The van der Waals surface area contributed by atoms with Crippen molar-refractivity contribution in [3.05, 3.63) is 0 Å². The summed E-state index contributed by atoms with van der Waals surface area (Å²) in [6.07, 6.45) is 0. The van der Waals surface area contributed by atoms with Crippen LogP contribution in [0.1, 0.15) is 0 Å². The van der Waals surface area contributed by atoms with Crippen LogP contribution in [0.15, 0.2) is 0 Å². The lowest BCUT2D eigenvalue weighted by Crippen LogP contribution is -2.60. The predicted octanol–water partition coefficient (Wildman–Crippen LogP) is -1.26. The average molecular weight is 247 g/mol. The van der Waals surface area contributed by atoms with Gasteiger partial charge in [-0.3, -0.25) is 0 Å². The normalized spacial score (nSPS) is 32.2. The number of piperazine rings is 1. The zero-order chi connectivity index (χ0) is 11.9. The summed E-state index contributed by atoms with van der Waals surface area (Å²) in [5.74, 6) is 0.235.